The molecule has 2 heterocycles. The second kappa shape index (κ2) is 5.71. The van der Waals surface area contributed by atoms with Crippen molar-refractivity contribution >= 4 is 17.2 Å². The van der Waals surface area contributed by atoms with Crippen molar-refractivity contribution in [3.63, 3.8) is 0 Å². The fourth-order valence-electron chi connectivity index (χ4n) is 2.12. The molecule has 1 aromatic carbocycles. The molecule has 2 N–H and O–H groups in total. The number of para-hydroxylation sites is 1. The Morgan fingerprint density at radius 1 is 1.33 bits per heavy atom. The van der Waals surface area contributed by atoms with Crippen molar-refractivity contribution in [3.8, 4) is 22.2 Å². The zero-order valence-electron chi connectivity index (χ0n) is 11.2. The SMILES string of the molecule is O=C(c1sc(-c2ccccc2O)nc1O)N1CCCOC1. The van der Waals surface area contributed by atoms with Crippen molar-refractivity contribution in [3.05, 3.63) is 29.1 Å². The van der Waals surface area contributed by atoms with Gasteiger partial charge in [-0.15, -0.1) is 11.3 Å². The molecule has 1 amide bonds. The monoisotopic (exact) mass is 306 g/mol. The Morgan fingerprint density at radius 3 is 2.86 bits per heavy atom. The van der Waals surface area contributed by atoms with Crippen LogP contribution in [0.5, 0.6) is 11.6 Å². The summed E-state index contributed by atoms with van der Waals surface area (Å²) in [7, 11) is 0. The minimum atomic E-state index is -0.311. The van der Waals surface area contributed by atoms with Crippen LogP contribution in [0.4, 0.5) is 0 Å². The summed E-state index contributed by atoms with van der Waals surface area (Å²) in [6, 6.07) is 6.68. The van der Waals surface area contributed by atoms with Crippen molar-refractivity contribution in [1.29, 1.82) is 0 Å². The highest BCUT2D eigenvalue weighted by Gasteiger charge is 2.25. The quantitative estimate of drug-likeness (QED) is 0.887. The number of nitrogens with zero attached hydrogens (tertiary/aromatic N) is 2. The number of carbonyl (C=O) groups excluding carboxylic acids is 1. The van der Waals surface area contributed by atoms with Crippen LogP contribution in [-0.2, 0) is 4.74 Å². The van der Waals surface area contributed by atoms with Crippen LogP contribution in [0.25, 0.3) is 10.6 Å². The van der Waals surface area contributed by atoms with E-state index in [1.807, 2.05) is 0 Å². The summed E-state index contributed by atoms with van der Waals surface area (Å²) in [5, 5.41) is 20.1. The molecule has 2 aromatic rings. The van der Waals surface area contributed by atoms with Crippen LogP contribution in [0.2, 0.25) is 0 Å². The van der Waals surface area contributed by atoms with Gasteiger partial charge in [-0.25, -0.2) is 4.98 Å². The predicted octanol–water partition coefficient (Wildman–Crippen LogP) is 2.04. The number of amides is 1. The second-order valence-corrected chi connectivity index (χ2v) is 5.65. The van der Waals surface area contributed by atoms with Crippen molar-refractivity contribution in [2.45, 2.75) is 6.42 Å². The lowest BCUT2D eigenvalue weighted by Gasteiger charge is -2.25. The summed E-state index contributed by atoms with van der Waals surface area (Å²) in [4.78, 5) is 18.0. The maximum Gasteiger partial charge on any atom is 0.271 e. The molecule has 7 heteroatoms. The van der Waals surface area contributed by atoms with Crippen molar-refractivity contribution < 1.29 is 19.7 Å². The van der Waals surface area contributed by atoms with Crippen LogP contribution in [-0.4, -0.2) is 45.9 Å². The van der Waals surface area contributed by atoms with E-state index in [1.165, 1.54) is 11.0 Å². The first-order valence-corrected chi connectivity index (χ1v) is 7.33. The highest BCUT2D eigenvalue weighted by atomic mass is 32.1. The van der Waals surface area contributed by atoms with Crippen molar-refractivity contribution in [2.75, 3.05) is 19.9 Å². The van der Waals surface area contributed by atoms with E-state index in [2.05, 4.69) is 4.98 Å². The minimum Gasteiger partial charge on any atom is -0.507 e. The number of aromatic hydroxyl groups is 2. The lowest BCUT2D eigenvalue weighted by Crippen LogP contribution is -2.37. The molecule has 0 unspecified atom stereocenters. The standard InChI is InChI=1S/C14H14N2O4S/c17-10-5-2-1-4-9(10)13-15-12(18)11(21-13)14(19)16-6-3-7-20-8-16/h1-2,4-5,17-18H,3,6-8H2. The van der Waals surface area contributed by atoms with Gasteiger partial charge in [0.25, 0.3) is 5.91 Å². The third-order valence-electron chi connectivity index (χ3n) is 3.19. The van der Waals surface area contributed by atoms with E-state index < -0.39 is 0 Å². The summed E-state index contributed by atoms with van der Waals surface area (Å²) in [6.45, 7) is 1.46. The fourth-order valence-corrected chi connectivity index (χ4v) is 3.08. The summed E-state index contributed by atoms with van der Waals surface area (Å²) in [5.41, 5.74) is 0.492. The molecule has 1 fully saturated rings. The Bertz CT molecular complexity index is 665. The Kier molecular flexibility index (Phi) is 3.76. The van der Waals surface area contributed by atoms with Gasteiger partial charge in [-0.2, -0.15) is 0 Å². The first kappa shape index (κ1) is 13.8. The lowest BCUT2D eigenvalue weighted by molar-refractivity contribution is -0.00557. The zero-order chi connectivity index (χ0) is 14.8. The molecule has 110 valence electrons. The van der Waals surface area contributed by atoms with E-state index in [-0.39, 0.29) is 29.1 Å². The summed E-state index contributed by atoms with van der Waals surface area (Å²) in [6.07, 6.45) is 0.775. The molecule has 0 bridgehead atoms. The number of hydrogen-bond acceptors (Lipinski definition) is 6. The molecule has 1 aromatic heterocycles. The summed E-state index contributed by atoms with van der Waals surface area (Å²) >= 11 is 1.06. The normalized spacial score (nSPS) is 15.1. The topological polar surface area (TPSA) is 82.9 Å². The zero-order valence-corrected chi connectivity index (χ0v) is 12.0. The average molecular weight is 306 g/mol. The average Bonchev–Trinajstić information content (AvgIpc) is 2.89. The Morgan fingerprint density at radius 2 is 2.14 bits per heavy atom. The fraction of sp³-hybridized carbons (Fsp3) is 0.286. The van der Waals surface area contributed by atoms with Gasteiger partial charge in [-0.05, 0) is 18.6 Å². The van der Waals surface area contributed by atoms with Gasteiger partial charge in [0.05, 0.1) is 12.2 Å². The number of rotatable bonds is 2. The molecular weight excluding hydrogens is 292 g/mol. The molecule has 0 atom stereocenters. The van der Waals surface area contributed by atoms with Gasteiger partial charge in [0.2, 0.25) is 5.88 Å². The van der Waals surface area contributed by atoms with Crippen LogP contribution < -0.4 is 0 Å². The van der Waals surface area contributed by atoms with E-state index in [1.54, 1.807) is 18.2 Å². The molecule has 1 saturated heterocycles. The van der Waals surface area contributed by atoms with Gasteiger partial charge in [0.1, 0.15) is 17.5 Å². The molecule has 1 aliphatic rings. The van der Waals surface area contributed by atoms with Crippen LogP contribution in [0.3, 0.4) is 0 Å². The van der Waals surface area contributed by atoms with E-state index in [0.29, 0.717) is 23.7 Å². The first-order chi connectivity index (χ1) is 10.2. The van der Waals surface area contributed by atoms with Gasteiger partial charge in [0.15, 0.2) is 4.88 Å². The Balaban J connectivity index is 1.91. The van der Waals surface area contributed by atoms with Gasteiger partial charge < -0.3 is 19.8 Å². The number of carbonyl (C=O) groups is 1. The van der Waals surface area contributed by atoms with Crippen LogP contribution in [0.1, 0.15) is 16.1 Å². The number of phenolic OH excluding ortho intramolecular Hbond substituents is 1. The smallest absolute Gasteiger partial charge is 0.271 e. The van der Waals surface area contributed by atoms with Gasteiger partial charge in [0, 0.05) is 6.54 Å². The molecular formula is C14H14N2O4S. The summed E-state index contributed by atoms with van der Waals surface area (Å²) in [5.74, 6) is -0.549. The van der Waals surface area contributed by atoms with Crippen LogP contribution in [0, 0.1) is 0 Å². The van der Waals surface area contributed by atoms with Gasteiger partial charge in [-0.3, -0.25) is 4.79 Å². The number of ether oxygens (including phenoxy) is 1. The number of hydrogen-bond donors (Lipinski definition) is 2. The number of benzene rings is 1. The van der Waals surface area contributed by atoms with E-state index >= 15 is 0 Å². The molecule has 0 aliphatic carbocycles. The maximum atomic E-state index is 12.3. The highest BCUT2D eigenvalue weighted by Crippen LogP contribution is 2.36. The van der Waals surface area contributed by atoms with E-state index in [0.717, 1.165) is 17.8 Å². The van der Waals surface area contributed by atoms with Crippen LogP contribution >= 0.6 is 11.3 Å². The van der Waals surface area contributed by atoms with E-state index in [9.17, 15) is 15.0 Å². The first-order valence-electron chi connectivity index (χ1n) is 6.52. The van der Waals surface area contributed by atoms with Crippen molar-refractivity contribution in [2.24, 2.45) is 0 Å². The number of phenols is 1. The molecule has 1 aliphatic heterocycles. The molecule has 6 nitrogen and oxygen atoms in total. The minimum absolute atomic E-state index is 0.0616. The Hall–Kier alpha value is -2.12. The van der Waals surface area contributed by atoms with Gasteiger partial charge in [-0.1, -0.05) is 12.1 Å². The van der Waals surface area contributed by atoms with Gasteiger partial charge >= 0.3 is 0 Å². The molecule has 3 rings (SSSR count). The van der Waals surface area contributed by atoms with Crippen LogP contribution in [0.15, 0.2) is 24.3 Å². The molecule has 21 heavy (non-hydrogen) atoms. The molecule has 0 radical (unpaired) electrons. The summed E-state index contributed by atoms with van der Waals surface area (Å²) < 4.78 is 5.24. The lowest BCUT2D eigenvalue weighted by atomic mass is 10.2. The third-order valence-corrected chi connectivity index (χ3v) is 4.25. The predicted molar refractivity (Wildman–Crippen MR) is 77.4 cm³/mol. The Labute approximate surface area is 125 Å². The third kappa shape index (κ3) is 2.70. The number of thiazole rings is 1. The maximum absolute atomic E-state index is 12.3. The largest absolute Gasteiger partial charge is 0.507 e. The van der Waals surface area contributed by atoms with E-state index in [4.69, 9.17) is 4.74 Å². The number of aromatic nitrogens is 1. The molecule has 0 saturated carbocycles. The second-order valence-electron chi connectivity index (χ2n) is 4.65. The molecule has 0 spiro atoms. The highest BCUT2D eigenvalue weighted by molar-refractivity contribution is 7.17. The van der Waals surface area contributed by atoms with Crippen molar-refractivity contribution in [1.82, 2.24) is 9.88 Å².